The smallest absolute Gasteiger partial charge is 0.271 e. The monoisotopic (exact) mass is 308 g/mol. The number of fused-ring (bicyclic) bond motifs is 1. The van der Waals surface area contributed by atoms with Crippen LogP contribution in [0.4, 0.5) is 5.69 Å². The normalized spacial score (nSPS) is 11.2. The van der Waals surface area contributed by atoms with Crippen molar-refractivity contribution in [1.82, 2.24) is 24.4 Å². The second-order valence-electron chi connectivity index (χ2n) is 5.19. The summed E-state index contributed by atoms with van der Waals surface area (Å²) in [5, 5.41) is 17.8. The molecule has 4 rings (SSSR count). The molecule has 23 heavy (non-hydrogen) atoms. The first kappa shape index (κ1) is 13.3. The first-order chi connectivity index (χ1) is 11.1. The summed E-state index contributed by atoms with van der Waals surface area (Å²) >= 11 is 0. The maximum absolute atomic E-state index is 11.1. The summed E-state index contributed by atoms with van der Waals surface area (Å²) < 4.78 is 3.75. The zero-order valence-corrected chi connectivity index (χ0v) is 12.2. The van der Waals surface area contributed by atoms with Crippen molar-refractivity contribution in [1.29, 1.82) is 0 Å². The van der Waals surface area contributed by atoms with Crippen LogP contribution in [-0.4, -0.2) is 29.3 Å². The standard InChI is InChI=1S/C15H12N6O2/c1-10-2-3-12(21(22)23)6-13(10)19-5-4-15-16-9-14(20(15)19)11-7-17-18-8-11/h2-9H,1H3,(H,17,18). The molecule has 0 unspecified atom stereocenters. The lowest BCUT2D eigenvalue weighted by molar-refractivity contribution is -0.384. The van der Waals surface area contributed by atoms with Crippen LogP contribution in [0.15, 0.2) is 49.1 Å². The van der Waals surface area contributed by atoms with E-state index in [0.29, 0.717) is 0 Å². The average Bonchev–Trinajstić information content (AvgIpc) is 3.24. The lowest BCUT2D eigenvalue weighted by Crippen LogP contribution is -2.05. The van der Waals surface area contributed by atoms with Gasteiger partial charge in [-0.25, -0.2) is 9.50 Å². The zero-order chi connectivity index (χ0) is 16.0. The van der Waals surface area contributed by atoms with Crippen LogP contribution in [0.5, 0.6) is 0 Å². The van der Waals surface area contributed by atoms with E-state index in [0.717, 1.165) is 28.2 Å². The number of nitrogens with zero attached hydrogens (tertiary/aromatic N) is 5. The molecule has 0 fully saturated rings. The third-order valence-corrected chi connectivity index (χ3v) is 3.79. The number of rotatable bonds is 3. The van der Waals surface area contributed by atoms with Gasteiger partial charge in [-0.1, -0.05) is 6.07 Å². The summed E-state index contributed by atoms with van der Waals surface area (Å²) in [6.07, 6.45) is 7.09. The van der Waals surface area contributed by atoms with Crippen LogP contribution in [-0.2, 0) is 0 Å². The Bertz CT molecular complexity index is 1010. The van der Waals surface area contributed by atoms with Crippen LogP contribution >= 0.6 is 0 Å². The van der Waals surface area contributed by atoms with Gasteiger partial charge in [-0.05, 0) is 12.5 Å². The minimum Gasteiger partial charge on any atom is -0.285 e. The van der Waals surface area contributed by atoms with E-state index in [4.69, 9.17) is 0 Å². The molecule has 0 saturated heterocycles. The topological polar surface area (TPSA) is 94.0 Å². The van der Waals surface area contributed by atoms with Crippen molar-refractivity contribution < 1.29 is 4.92 Å². The highest BCUT2D eigenvalue weighted by Crippen LogP contribution is 2.25. The Hall–Kier alpha value is -3.42. The van der Waals surface area contributed by atoms with E-state index in [1.165, 1.54) is 6.07 Å². The molecule has 0 aliphatic heterocycles. The summed E-state index contributed by atoms with van der Waals surface area (Å²) in [6.45, 7) is 1.92. The van der Waals surface area contributed by atoms with Crippen molar-refractivity contribution in [3.63, 3.8) is 0 Å². The van der Waals surface area contributed by atoms with Gasteiger partial charge in [0.15, 0.2) is 5.65 Å². The maximum atomic E-state index is 11.1. The number of nitro groups is 1. The van der Waals surface area contributed by atoms with Gasteiger partial charge >= 0.3 is 0 Å². The number of imidazole rings is 1. The third-order valence-electron chi connectivity index (χ3n) is 3.79. The van der Waals surface area contributed by atoms with Gasteiger partial charge in [-0.2, -0.15) is 5.10 Å². The number of nitrogens with one attached hydrogen (secondary N) is 1. The molecule has 0 spiro atoms. The molecule has 114 valence electrons. The van der Waals surface area contributed by atoms with Crippen molar-refractivity contribution in [2.24, 2.45) is 0 Å². The summed E-state index contributed by atoms with van der Waals surface area (Å²) in [5.41, 5.74) is 4.21. The Kier molecular flexibility index (Phi) is 2.77. The van der Waals surface area contributed by atoms with E-state index in [9.17, 15) is 10.1 Å². The molecule has 0 aliphatic rings. The molecule has 0 amide bonds. The Morgan fingerprint density at radius 2 is 2.13 bits per heavy atom. The van der Waals surface area contributed by atoms with E-state index in [1.54, 1.807) is 30.7 Å². The molecule has 1 N–H and O–H groups in total. The molecule has 8 nitrogen and oxygen atoms in total. The SMILES string of the molecule is Cc1ccc([N+](=O)[O-])cc1-n1ccc2ncc(-c3cn[nH]c3)n21. The van der Waals surface area contributed by atoms with Crippen LogP contribution in [0.3, 0.4) is 0 Å². The van der Waals surface area contributed by atoms with Gasteiger partial charge in [0, 0.05) is 36.2 Å². The van der Waals surface area contributed by atoms with Crippen LogP contribution < -0.4 is 0 Å². The average molecular weight is 308 g/mol. The van der Waals surface area contributed by atoms with E-state index in [1.807, 2.05) is 28.4 Å². The maximum Gasteiger partial charge on any atom is 0.271 e. The number of hydrogen-bond acceptors (Lipinski definition) is 4. The van der Waals surface area contributed by atoms with Gasteiger partial charge < -0.3 is 0 Å². The van der Waals surface area contributed by atoms with Crippen LogP contribution in [0.2, 0.25) is 0 Å². The molecule has 3 heterocycles. The van der Waals surface area contributed by atoms with Crippen LogP contribution in [0, 0.1) is 17.0 Å². The highest BCUT2D eigenvalue weighted by atomic mass is 16.6. The van der Waals surface area contributed by atoms with Crippen molar-refractivity contribution in [2.75, 3.05) is 0 Å². The fourth-order valence-electron chi connectivity index (χ4n) is 2.64. The van der Waals surface area contributed by atoms with Gasteiger partial charge in [0.05, 0.1) is 28.7 Å². The molecule has 0 bridgehead atoms. The first-order valence-corrected chi connectivity index (χ1v) is 6.95. The Morgan fingerprint density at radius 1 is 1.26 bits per heavy atom. The van der Waals surface area contributed by atoms with Gasteiger partial charge in [-0.3, -0.25) is 19.9 Å². The van der Waals surface area contributed by atoms with Gasteiger partial charge in [-0.15, -0.1) is 0 Å². The summed E-state index contributed by atoms with van der Waals surface area (Å²) in [5.74, 6) is 0. The van der Waals surface area contributed by atoms with E-state index in [-0.39, 0.29) is 5.69 Å². The van der Waals surface area contributed by atoms with Crippen LogP contribution in [0.1, 0.15) is 5.56 Å². The minimum absolute atomic E-state index is 0.0532. The number of aryl methyl sites for hydroxylation is 1. The molecule has 4 aromatic rings. The molecule has 0 saturated carbocycles. The lowest BCUT2D eigenvalue weighted by atomic mass is 10.2. The lowest BCUT2D eigenvalue weighted by Gasteiger charge is -2.10. The quantitative estimate of drug-likeness (QED) is 0.465. The number of hydrogen-bond donors (Lipinski definition) is 1. The molecule has 0 radical (unpaired) electrons. The third kappa shape index (κ3) is 2.00. The molecule has 1 aromatic carbocycles. The highest BCUT2D eigenvalue weighted by Gasteiger charge is 2.15. The number of aromatic amines is 1. The van der Waals surface area contributed by atoms with E-state index in [2.05, 4.69) is 15.2 Å². The highest BCUT2D eigenvalue weighted by molar-refractivity contribution is 5.62. The number of nitro benzene ring substituents is 1. The van der Waals surface area contributed by atoms with Crippen molar-refractivity contribution in [2.45, 2.75) is 6.92 Å². The van der Waals surface area contributed by atoms with Crippen molar-refractivity contribution in [3.05, 3.63) is 64.7 Å². The molecule has 8 heteroatoms. The summed E-state index contributed by atoms with van der Waals surface area (Å²) in [7, 11) is 0. The summed E-state index contributed by atoms with van der Waals surface area (Å²) in [6, 6.07) is 6.67. The Balaban J connectivity index is 1.98. The second-order valence-corrected chi connectivity index (χ2v) is 5.19. The molecular formula is C15H12N6O2. The van der Waals surface area contributed by atoms with Gasteiger partial charge in [0.25, 0.3) is 5.69 Å². The largest absolute Gasteiger partial charge is 0.285 e. The Labute approximate surface area is 130 Å². The predicted molar refractivity (Wildman–Crippen MR) is 83.5 cm³/mol. The fraction of sp³-hybridized carbons (Fsp3) is 0.0667. The predicted octanol–water partition coefficient (Wildman–Crippen LogP) is 2.73. The Morgan fingerprint density at radius 3 is 2.87 bits per heavy atom. The number of aromatic nitrogens is 5. The number of benzene rings is 1. The zero-order valence-electron chi connectivity index (χ0n) is 12.2. The van der Waals surface area contributed by atoms with Crippen molar-refractivity contribution >= 4 is 11.3 Å². The number of non-ortho nitro benzene ring substituents is 1. The second kappa shape index (κ2) is 4.80. The van der Waals surface area contributed by atoms with Crippen LogP contribution in [0.25, 0.3) is 22.6 Å². The van der Waals surface area contributed by atoms with Gasteiger partial charge in [0.1, 0.15) is 0 Å². The van der Waals surface area contributed by atoms with E-state index < -0.39 is 4.92 Å². The molecule has 3 aromatic heterocycles. The molecule has 0 atom stereocenters. The molecular weight excluding hydrogens is 296 g/mol. The summed E-state index contributed by atoms with van der Waals surface area (Å²) in [4.78, 5) is 15.0. The number of H-pyrrole nitrogens is 1. The molecule has 0 aliphatic carbocycles. The minimum atomic E-state index is -0.394. The van der Waals surface area contributed by atoms with E-state index >= 15 is 0 Å². The van der Waals surface area contributed by atoms with Gasteiger partial charge in [0.2, 0.25) is 0 Å². The fourth-order valence-corrected chi connectivity index (χ4v) is 2.64. The van der Waals surface area contributed by atoms with Crippen molar-refractivity contribution in [3.8, 4) is 16.9 Å². The first-order valence-electron chi connectivity index (χ1n) is 6.95.